The number of carbonyl (C=O) groups is 1. The summed E-state index contributed by atoms with van der Waals surface area (Å²) < 4.78 is 26.6. The van der Waals surface area contributed by atoms with Crippen molar-refractivity contribution in [3.8, 4) is 0 Å². The maximum absolute atomic E-state index is 11.1. The minimum Gasteiger partial charge on any atom is -0.465 e. The molecule has 0 N–H and O–H groups in total. The first kappa shape index (κ1) is 5.75. The molecule has 1 aromatic rings. The summed E-state index contributed by atoms with van der Waals surface area (Å²) in [7, 11) is 1.27. The largest absolute Gasteiger partial charge is 0.465 e. The fourth-order valence-corrected chi connectivity index (χ4v) is 1.14. The number of carbonyl (C=O) groups excluding carboxylic acids is 1. The molecule has 0 saturated carbocycles. The molecule has 0 spiro atoms. The van der Waals surface area contributed by atoms with Crippen molar-refractivity contribution in [1.29, 1.82) is 0 Å². The van der Waals surface area contributed by atoms with Crippen molar-refractivity contribution in [2.45, 2.75) is 6.85 Å². The summed E-state index contributed by atoms with van der Waals surface area (Å²) in [5.41, 5.74) is 0.493. The number of rotatable bonds is 1. The van der Waals surface area contributed by atoms with E-state index in [1.54, 1.807) is 0 Å². The zero-order chi connectivity index (χ0) is 11.6. The van der Waals surface area contributed by atoms with Gasteiger partial charge >= 0.3 is 5.97 Å². The van der Waals surface area contributed by atoms with E-state index in [4.69, 9.17) is 4.11 Å². The van der Waals surface area contributed by atoms with Gasteiger partial charge in [0, 0.05) is 8.58 Å². The van der Waals surface area contributed by atoms with Gasteiger partial charge in [-0.2, -0.15) is 0 Å². The summed E-state index contributed by atoms with van der Waals surface area (Å²) in [6.45, 7) is -2.19. The van der Waals surface area contributed by atoms with E-state index in [9.17, 15) is 4.79 Å². The van der Waals surface area contributed by atoms with E-state index < -0.39 is 12.8 Å². The monoisotopic (exact) mass is 231 g/mol. The molecular weight excluding hydrogens is 220 g/mol. The van der Waals surface area contributed by atoms with Crippen molar-refractivity contribution in [3.05, 3.63) is 33.8 Å². The molecule has 0 aromatic heterocycles. The molecule has 1 aromatic carbocycles. The van der Waals surface area contributed by atoms with Crippen LogP contribution in [-0.2, 0) is 4.74 Å². The van der Waals surface area contributed by atoms with E-state index in [-0.39, 0.29) is 5.56 Å². The summed E-state index contributed by atoms with van der Waals surface area (Å²) in [5, 5.41) is 0. The number of esters is 1. The third kappa shape index (κ3) is 1.85. The molecule has 0 atom stereocenters. The van der Waals surface area contributed by atoms with Gasteiger partial charge in [0.25, 0.3) is 0 Å². The third-order valence-corrected chi connectivity index (χ3v) is 2.05. The Balaban J connectivity index is 3.15. The van der Waals surface area contributed by atoms with Crippen LogP contribution in [0.1, 0.15) is 20.0 Å². The second-order valence-electron chi connectivity index (χ2n) is 2.19. The molecule has 0 aliphatic heterocycles. The zero-order valence-corrected chi connectivity index (χ0v) is 8.01. The summed E-state index contributed by atoms with van der Waals surface area (Å²) in [5.74, 6) is -0.493. The molecule has 1 rings (SSSR count). The number of ether oxygens (including phenoxy) is 1. The fourth-order valence-electron chi connectivity index (χ4n) is 0.760. The van der Waals surface area contributed by atoms with Gasteiger partial charge in [-0.05, 0) is 24.5 Å². The van der Waals surface area contributed by atoms with Crippen molar-refractivity contribution in [3.63, 3.8) is 0 Å². The van der Waals surface area contributed by atoms with Crippen molar-refractivity contribution in [1.82, 2.24) is 0 Å². The minimum atomic E-state index is -2.19. The second-order valence-corrected chi connectivity index (χ2v) is 3.04. The first-order chi connectivity index (χ1) is 6.86. The van der Waals surface area contributed by atoms with Crippen LogP contribution >= 0.6 is 15.9 Å². The Morgan fingerprint density at radius 2 is 2.42 bits per heavy atom. The standard InChI is InChI=1S/C9H9BrO2/c1-6-3-4-7(5-8(6)10)9(11)12-2/h3-5H,1-2H3/i1D3. The molecule has 0 amide bonds. The molecule has 12 heavy (non-hydrogen) atoms. The quantitative estimate of drug-likeness (QED) is 0.695. The fraction of sp³-hybridized carbons (Fsp3) is 0.222. The highest BCUT2D eigenvalue weighted by Crippen LogP contribution is 2.17. The van der Waals surface area contributed by atoms with Crippen LogP contribution in [0.2, 0.25) is 0 Å². The molecule has 0 unspecified atom stereocenters. The topological polar surface area (TPSA) is 26.3 Å². The van der Waals surface area contributed by atoms with Gasteiger partial charge in [0.1, 0.15) is 0 Å². The van der Waals surface area contributed by atoms with E-state index in [1.165, 1.54) is 25.3 Å². The van der Waals surface area contributed by atoms with Crippen molar-refractivity contribution < 1.29 is 13.6 Å². The van der Waals surface area contributed by atoms with Gasteiger partial charge in [-0.25, -0.2) is 4.79 Å². The average molecular weight is 232 g/mol. The van der Waals surface area contributed by atoms with Crippen LogP contribution in [0.5, 0.6) is 0 Å². The molecule has 2 nitrogen and oxygen atoms in total. The molecule has 0 heterocycles. The predicted octanol–water partition coefficient (Wildman–Crippen LogP) is 2.54. The lowest BCUT2D eigenvalue weighted by atomic mass is 10.1. The molecule has 0 saturated heterocycles. The van der Waals surface area contributed by atoms with E-state index in [2.05, 4.69) is 20.7 Å². The van der Waals surface area contributed by atoms with Crippen LogP contribution in [0.3, 0.4) is 0 Å². The molecule has 0 aliphatic rings. The van der Waals surface area contributed by atoms with Crippen LogP contribution in [-0.4, -0.2) is 13.1 Å². The highest BCUT2D eigenvalue weighted by molar-refractivity contribution is 9.10. The summed E-state index contributed by atoms with van der Waals surface area (Å²) in [4.78, 5) is 11.1. The number of benzene rings is 1. The van der Waals surface area contributed by atoms with Gasteiger partial charge in [-0.1, -0.05) is 22.0 Å². The van der Waals surface area contributed by atoms with Gasteiger partial charge in [0.15, 0.2) is 0 Å². The lowest BCUT2D eigenvalue weighted by Crippen LogP contribution is -2.00. The molecular formula is C9H9BrO2. The van der Waals surface area contributed by atoms with Crippen LogP contribution in [0, 0.1) is 6.85 Å². The van der Waals surface area contributed by atoms with Crippen molar-refractivity contribution >= 4 is 21.9 Å². The SMILES string of the molecule is [2H]C([2H])([2H])c1ccc(C(=O)OC)cc1Br. The van der Waals surface area contributed by atoms with Gasteiger partial charge in [-0.3, -0.25) is 0 Å². The molecule has 3 heteroatoms. The maximum atomic E-state index is 11.1. The summed E-state index contributed by atoms with van der Waals surface area (Å²) in [6, 6.07) is 4.26. The van der Waals surface area contributed by atoms with E-state index >= 15 is 0 Å². The Hall–Kier alpha value is -0.830. The predicted molar refractivity (Wildman–Crippen MR) is 50.2 cm³/mol. The lowest BCUT2D eigenvalue weighted by Gasteiger charge is -2.01. The minimum absolute atomic E-state index is 0.176. The van der Waals surface area contributed by atoms with Crippen molar-refractivity contribution in [2.75, 3.05) is 7.11 Å². The van der Waals surface area contributed by atoms with Crippen LogP contribution < -0.4 is 0 Å². The molecule has 64 valence electrons. The summed E-state index contributed by atoms with van der Waals surface area (Å²) >= 11 is 3.11. The van der Waals surface area contributed by atoms with Gasteiger partial charge in [0.2, 0.25) is 0 Å². The highest BCUT2D eigenvalue weighted by Gasteiger charge is 2.05. The van der Waals surface area contributed by atoms with Gasteiger partial charge < -0.3 is 4.74 Å². The first-order valence-corrected chi connectivity index (χ1v) is 4.04. The van der Waals surface area contributed by atoms with E-state index in [0.29, 0.717) is 10.0 Å². The molecule has 0 bridgehead atoms. The van der Waals surface area contributed by atoms with Crippen LogP contribution in [0.15, 0.2) is 22.7 Å². The molecule has 0 aliphatic carbocycles. The Labute approximate surface area is 83.9 Å². The normalized spacial score (nSPS) is 14.3. The number of hydrogen-bond acceptors (Lipinski definition) is 2. The van der Waals surface area contributed by atoms with Gasteiger partial charge in [-0.15, -0.1) is 0 Å². The van der Waals surface area contributed by atoms with Crippen molar-refractivity contribution in [2.24, 2.45) is 0 Å². The molecule has 0 fully saturated rings. The zero-order valence-electron chi connectivity index (χ0n) is 9.43. The Bertz CT molecular complexity index is 387. The maximum Gasteiger partial charge on any atom is 0.337 e. The summed E-state index contributed by atoms with van der Waals surface area (Å²) in [6.07, 6.45) is 0. The Morgan fingerprint density at radius 3 is 2.92 bits per heavy atom. The van der Waals surface area contributed by atoms with Crippen LogP contribution in [0.25, 0.3) is 0 Å². The van der Waals surface area contributed by atoms with Gasteiger partial charge in [0.05, 0.1) is 12.7 Å². The number of aryl methyl sites for hydroxylation is 1. The average Bonchev–Trinajstić information content (AvgIpc) is 2.14. The number of halogens is 1. The number of hydrogen-bond donors (Lipinski definition) is 0. The highest BCUT2D eigenvalue weighted by atomic mass is 79.9. The Kier molecular flexibility index (Phi) is 1.78. The van der Waals surface area contributed by atoms with Crippen LogP contribution in [0.4, 0.5) is 0 Å². The molecule has 0 radical (unpaired) electrons. The Morgan fingerprint density at radius 1 is 1.67 bits per heavy atom. The smallest absolute Gasteiger partial charge is 0.337 e. The van der Waals surface area contributed by atoms with E-state index in [0.717, 1.165) is 0 Å². The number of methoxy groups -OCH3 is 1. The van der Waals surface area contributed by atoms with E-state index in [1.807, 2.05) is 0 Å². The lowest BCUT2D eigenvalue weighted by molar-refractivity contribution is 0.0600. The second kappa shape index (κ2) is 3.72. The third-order valence-electron chi connectivity index (χ3n) is 1.39. The first-order valence-electron chi connectivity index (χ1n) is 4.74.